The summed E-state index contributed by atoms with van der Waals surface area (Å²) in [7, 11) is 1.27. The third kappa shape index (κ3) is 1.96. The van der Waals surface area contributed by atoms with Crippen molar-refractivity contribution in [3.05, 3.63) is 36.1 Å². The van der Waals surface area contributed by atoms with Gasteiger partial charge in [0.2, 0.25) is 5.67 Å². The van der Waals surface area contributed by atoms with Gasteiger partial charge in [0, 0.05) is 17.5 Å². The normalized spacial score (nSPS) is 15.8. The molecule has 0 aliphatic carbocycles. The number of rotatable bonds is 3. The van der Waals surface area contributed by atoms with Crippen LogP contribution < -0.4 is 5.32 Å². The first-order valence-electron chi connectivity index (χ1n) is 5.26. The molecule has 1 heterocycles. The van der Waals surface area contributed by atoms with Crippen LogP contribution in [0.25, 0.3) is 11.0 Å². The molecule has 0 saturated heterocycles. The predicted octanol–water partition coefficient (Wildman–Crippen LogP) is 3.38. The van der Waals surface area contributed by atoms with E-state index in [1.807, 2.05) is 0 Å². The van der Waals surface area contributed by atoms with E-state index in [4.69, 9.17) is 4.42 Å². The Morgan fingerprint density at radius 3 is 2.50 bits per heavy atom. The van der Waals surface area contributed by atoms with Gasteiger partial charge in [-0.15, -0.1) is 0 Å². The largest absolute Gasteiger partial charge is 0.464 e. The van der Waals surface area contributed by atoms with Crippen LogP contribution in [-0.4, -0.2) is 19.8 Å². The maximum atomic E-state index is 14.2. The van der Waals surface area contributed by atoms with Crippen LogP contribution in [0.3, 0.4) is 0 Å². The van der Waals surface area contributed by atoms with Gasteiger partial charge < -0.3 is 9.73 Å². The van der Waals surface area contributed by atoms with Crippen LogP contribution >= 0.6 is 0 Å². The molecule has 2 aromatic rings. The lowest BCUT2D eigenvalue weighted by atomic mass is 9.94. The Balaban J connectivity index is 2.53. The molecule has 6 heteroatoms. The zero-order valence-corrected chi connectivity index (χ0v) is 9.51. The Labute approximate surface area is 101 Å². The van der Waals surface area contributed by atoms with Gasteiger partial charge in [0.15, 0.2) is 0 Å². The molecule has 0 fully saturated rings. The number of furan rings is 1. The van der Waals surface area contributed by atoms with Crippen molar-refractivity contribution in [2.24, 2.45) is 0 Å². The molecule has 1 unspecified atom stereocenters. The number of hydrogen-bond donors (Lipinski definition) is 1. The molecule has 0 radical (unpaired) electrons. The molecule has 0 spiro atoms. The van der Waals surface area contributed by atoms with Crippen molar-refractivity contribution < 1.29 is 22.0 Å². The summed E-state index contributed by atoms with van der Waals surface area (Å²) in [6.45, 7) is -0.833. The van der Waals surface area contributed by atoms with E-state index in [9.17, 15) is 17.6 Å². The summed E-state index contributed by atoms with van der Waals surface area (Å²) in [5.74, 6) is 0. The Morgan fingerprint density at radius 2 is 1.89 bits per heavy atom. The first-order chi connectivity index (χ1) is 8.38. The van der Waals surface area contributed by atoms with Gasteiger partial charge in [0.1, 0.15) is 5.58 Å². The van der Waals surface area contributed by atoms with Gasteiger partial charge in [0.05, 0.1) is 6.26 Å². The number of fused-ring (bicyclic) bond motifs is 1. The lowest BCUT2D eigenvalue weighted by molar-refractivity contribution is -0.233. The van der Waals surface area contributed by atoms with Crippen molar-refractivity contribution in [1.82, 2.24) is 5.32 Å². The van der Waals surface area contributed by atoms with Crippen molar-refractivity contribution in [3.63, 3.8) is 0 Å². The molecule has 18 heavy (non-hydrogen) atoms. The fourth-order valence-corrected chi connectivity index (χ4v) is 1.82. The van der Waals surface area contributed by atoms with Crippen molar-refractivity contribution in [2.75, 3.05) is 13.6 Å². The molecule has 98 valence electrons. The van der Waals surface area contributed by atoms with Gasteiger partial charge in [-0.05, 0) is 25.2 Å². The zero-order chi connectivity index (χ0) is 13.4. The predicted molar refractivity (Wildman–Crippen MR) is 59.0 cm³/mol. The lowest BCUT2D eigenvalue weighted by Crippen LogP contribution is -2.45. The Bertz CT molecular complexity index is 548. The third-order valence-corrected chi connectivity index (χ3v) is 2.78. The molecule has 0 amide bonds. The van der Waals surface area contributed by atoms with E-state index in [1.165, 1.54) is 25.4 Å². The molecular weight excluding hydrogens is 250 g/mol. The van der Waals surface area contributed by atoms with E-state index in [0.29, 0.717) is 11.0 Å². The van der Waals surface area contributed by atoms with E-state index in [0.717, 1.165) is 12.1 Å². The minimum atomic E-state index is -4.98. The summed E-state index contributed by atoms with van der Waals surface area (Å²) in [5.41, 5.74) is -3.42. The Hall–Kier alpha value is -1.56. The molecule has 1 N–H and O–H groups in total. The molecule has 0 aliphatic rings. The van der Waals surface area contributed by atoms with Crippen molar-refractivity contribution >= 4 is 11.0 Å². The highest BCUT2D eigenvalue weighted by molar-refractivity contribution is 5.78. The van der Waals surface area contributed by atoms with Crippen molar-refractivity contribution in [1.29, 1.82) is 0 Å². The highest BCUT2D eigenvalue weighted by Crippen LogP contribution is 2.42. The van der Waals surface area contributed by atoms with E-state index in [1.54, 1.807) is 0 Å². The van der Waals surface area contributed by atoms with E-state index in [-0.39, 0.29) is 0 Å². The molecule has 1 aromatic carbocycles. The van der Waals surface area contributed by atoms with Crippen LogP contribution in [0.2, 0.25) is 0 Å². The van der Waals surface area contributed by atoms with Crippen LogP contribution in [0.4, 0.5) is 17.6 Å². The highest BCUT2D eigenvalue weighted by Gasteiger charge is 2.56. The van der Waals surface area contributed by atoms with Crippen LogP contribution in [0.15, 0.2) is 34.9 Å². The second-order valence-electron chi connectivity index (χ2n) is 4.00. The number of halogens is 4. The summed E-state index contributed by atoms with van der Waals surface area (Å²) >= 11 is 0. The summed E-state index contributed by atoms with van der Waals surface area (Å²) < 4.78 is 57.9. The average molecular weight is 261 g/mol. The third-order valence-electron chi connectivity index (χ3n) is 2.78. The number of hydrogen-bond acceptors (Lipinski definition) is 2. The van der Waals surface area contributed by atoms with Crippen LogP contribution in [-0.2, 0) is 5.67 Å². The summed E-state index contributed by atoms with van der Waals surface area (Å²) in [6.07, 6.45) is -3.63. The number of alkyl halides is 4. The molecular formula is C12H11F4NO. The van der Waals surface area contributed by atoms with Crippen molar-refractivity contribution in [3.8, 4) is 0 Å². The van der Waals surface area contributed by atoms with E-state index < -0.39 is 24.0 Å². The highest BCUT2D eigenvalue weighted by atomic mass is 19.4. The maximum Gasteiger partial charge on any atom is 0.428 e. The van der Waals surface area contributed by atoms with Gasteiger partial charge in [0.25, 0.3) is 0 Å². The first-order valence-corrected chi connectivity index (χ1v) is 5.26. The number of nitrogens with one attached hydrogen (secondary N) is 1. The second-order valence-corrected chi connectivity index (χ2v) is 4.00. The molecule has 2 rings (SSSR count). The molecule has 2 nitrogen and oxygen atoms in total. The lowest BCUT2D eigenvalue weighted by Gasteiger charge is -2.28. The number of likely N-dealkylation sites (N-methyl/N-ethyl adjacent to an activating group) is 1. The molecule has 0 aliphatic heterocycles. The fourth-order valence-electron chi connectivity index (χ4n) is 1.82. The first kappa shape index (κ1) is 12.9. The van der Waals surface area contributed by atoms with Crippen LogP contribution in [0, 0.1) is 0 Å². The van der Waals surface area contributed by atoms with Gasteiger partial charge in [-0.3, -0.25) is 0 Å². The maximum absolute atomic E-state index is 14.2. The molecule has 0 saturated carbocycles. The minimum absolute atomic E-state index is 0.424. The summed E-state index contributed by atoms with van der Waals surface area (Å²) in [4.78, 5) is 0. The second kappa shape index (κ2) is 4.28. The van der Waals surface area contributed by atoms with Gasteiger partial charge in [-0.2, -0.15) is 13.2 Å². The van der Waals surface area contributed by atoms with Crippen molar-refractivity contribution in [2.45, 2.75) is 11.8 Å². The van der Waals surface area contributed by atoms with Crippen LogP contribution in [0.5, 0.6) is 0 Å². The smallest absolute Gasteiger partial charge is 0.428 e. The summed E-state index contributed by atoms with van der Waals surface area (Å²) in [6, 6.07) is 5.08. The SMILES string of the molecule is CNCC(F)(c1ccc2occc2c1)C(F)(F)F. The zero-order valence-electron chi connectivity index (χ0n) is 9.51. The molecule has 0 bridgehead atoms. The topological polar surface area (TPSA) is 25.2 Å². The molecule has 1 aromatic heterocycles. The van der Waals surface area contributed by atoms with Crippen LogP contribution in [0.1, 0.15) is 5.56 Å². The monoisotopic (exact) mass is 261 g/mol. The van der Waals surface area contributed by atoms with Gasteiger partial charge in [-0.1, -0.05) is 6.07 Å². The Morgan fingerprint density at radius 1 is 1.17 bits per heavy atom. The average Bonchev–Trinajstić information content (AvgIpc) is 2.74. The van der Waals surface area contributed by atoms with Gasteiger partial charge >= 0.3 is 6.18 Å². The number of benzene rings is 1. The minimum Gasteiger partial charge on any atom is -0.464 e. The van der Waals surface area contributed by atoms with Gasteiger partial charge in [-0.25, -0.2) is 4.39 Å². The summed E-state index contributed by atoms with van der Waals surface area (Å²) in [5, 5.41) is 2.68. The van der Waals surface area contributed by atoms with E-state index in [2.05, 4.69) is 5.32 Å². The van der Waals surface area contributed by atoms with E-state index >= 15 is 0 Å². The Kier molecular flexibility index (Phi) is 3.06. The molecule has 1 atom stereocenters. The standard InChI is InChI=1S/C12H11F4NO/c1-17-7-11(13,12(14,15)16)9-2-3-10-8(6-9)4-5-18-10/h2-6,17H,7H2,1H3. The quantitative estimate of drug-likeness (QED) is 0.857. The fraction of sp³-hybridized carbons (Fsp3) is 0.333.